The average molecular weight is 359 g/mol. The number of nitrogens with zero attached hydrogens (tertiary/aromatic N) is 2. The molecule has 0 fully saturated rings. The Morgan fingerprint density at radius 2 is 1.78 bits per heavy atom. The van der Waals surface area contributed by atoms with Gasteiger partial charge >= 0.3 is 0 Å². The van der Waals surface area contributed by atoms with Gasteiger partial charge in [-0.2, -0.15) is 0 Å². The highest BCUT2D eigenvalue weighted by Crippen LogP contribution is 2.24. The number of benzene rings is 2. The van der Waals surface area contributed by atoms with Gasteiger partial charge in [-0.1, -0.05) is 18.2 Å². The fraction of sp³-hybridized carbons (Fsp3) is 0.182. The van der Waals surface area contributed by atoms with E-state index in [1.807, 2.05) is 60.8 Å². The van der Waals surface area contributed by atoms with Crippen LogP contribution in [-0.2, 0) is 13.0 Å². The van der Waals surface area contributed by atoms with Crippen LogP contribution in [0.15, 0.2) is 67.0 Å². The maximum absolute atomic E-state index is 12.7. The summed E-state index contributed by atoms with van der Waals surface area (Å²) >= 11 is 0. The molecule has 0 saturated heterocycles. The molecule has 136 valence electrons. The molecule has 2 aromatic carbocycles. The van der Waals surface area contributed by atoms with Crippen LogP contribution in [0.2, 0.25) is 0 Å². The Labute approximate surface area is 158 Å². The summed E-state index contributed by atoms with van der Waals surface area (Å²) in [5, 5.41) is 2.96. The van der Waals surface area contributed by atoms with Crippen LogP contribution in [0.4, 0.5) is 5.69 Å². The van der Waals surface area contributed by atoms with Crippen molar-refractivity contribution < 1.29 is 9.53 Å². The zero-order valence-corrected chi connectivity index (χ0v) is 15.2. The molecule has 2 heterocycles. The van der Waals surface area contributed by atoms with Crippen LogP contribution in [0.5, 0.6) is 11.5 Å². The van der Waals surface area contributed by atoms with E-state index in [2.05, 4.69) is 22.2 Å². The van der Waals surface area contributed by atoms with Crippen molar-refractivity contribution in [3.8, 4) is 11.5 Å². The molecular formula is C22H21N3O2. The Balaban J connectivity index is 1.47. The number of nitrogens with one attached hydrogen (secondary N) is 1. The number of aromatic nitrogens is 1. The molecule has 3 aromatic rings. The minimum atomic E-state index is -0.124. The zero-order valence-electron chi connectivity index (χ0n) is 15.2. The van der Waals surface area contributed by atoms with E-state index >= 15 is 0 Å². The average Bonchev–Trinajstić information content (AvgIpc) is 2.69. The summed E-state index contributed by atoms with van der Waals surface area (Å²) < 4.78 is 5.78. The Kier molecular flexibility index (Phi) is 4.85. The highest BCUT2D eigenvalue weighted by atomic mass is 16.5. The van der Waals surface area contributed by atoms with Crippen molar-refractivity contribution in [2.75, 3.05) is 18.9 Å². The van der Waals surface area contributed by atoms with Crippen LogP contribution in [-0.4, -0.2) is 29.4 Å². The van der Waals surface area contributed by atoms with Crippen LogP contribution >= 0.6 is 0 Å². The molecule has 4 rings (SSSR count). The Morgan fingerprint density at radius 3 is 2.56 bits per heavy atom. The standard InChI is InChI=1S/C22H21N3O2/c1-25-12-11-20-16(15-25)13-23-14-21(20)22(26)24-17-7-9-19(10-8-17)27-18-5-3-2-4-6-18/h2-10,13-14H,11-12,15H2,1H3,(H,24,26). The molecule has 27 heavy (non-hydrogen) atoms. The first-order valence-electron chi connectivity index (χ1n) is 8.97. The molecule has 0 unspecified atom stereocenters. The van der Waals surface area contributed by atoms with Crippen LogP contribution in [0, 0.1) is 0 Å². The van der Waals surface area contributed by atoms with Gasteiger partial charge in [0.2, 0.25) is 0 Å². The maximum atomic E-state index is 12.7. The summed E-state index contributed by atoms with van der Waals surface area (Å²) in [5.41, 5.74) is 3.61. The van der Waals surface area contributed by atoms with Gasteiger partial charge in [-0.15, -0.1) is 0 Å². The van der Waals surface area contributed by atoms with Gasteiger partial charge in [0.1, 0.15) is 11.5 Å². The van der Waals surface area contributed by atoms with Crippen molar-refractivity contribution in [2.45, 2.75) is 13.0 Å². The number of likely N-dealkylation sites (N-methyl/N-ethyl adjacent to an activating group) is 1. The third-order valence-electron chi connectivity index (χ3n) is 4.67. The Morgan fingerprint density at radius 1 is 1.04 bits per heavy atom. The lowest BCUT2D eigenvalue weighted by atomic mass is 9.97. The van der Waals surface area contributed by atoms with Gasteiger partial charge in [-0.05, 0) is 61.0 Å². The largest absolute Gasteiger partial charge is 0.457 e. The number of hydrogen-bond acceptors (Lipinski definition) is 4. The van der Waals surface area contributed by atoms with Crippen molar-refractivity contribution in [3.63, 3.8) is 0 Å². The third kappa shape index (κ3) is 3.99. The molecule has 1 aromatic heterocycles. The summed E-state index contributed by atoms with van der Waals surface area (Å²) in [6.07, 6.45) is 4.38. The second kappa shape index (κ2) is 7.60. The molecule has 0 atom stereocenters. The van der Waals surface area contributed by atoms with Gasteiger partial charge in [-0.3, -0.25) is 9.78 Å². The van der Waals surface area contributed by atoms with Gasteiger partial charge in [0.25, 0.3) is 5.91 Å². The highest BCUT2D eigenvalue weighted by Gasteiger charge is 2.20. The molecule has 1 aliphatic rings. The summed E-state index contributed by atoms with van der Waals surface area (Å²) in [5.74, 6) is 1.38. The normalized spacial score (nSPS) is 13.7. The molecule has 0 radical (unpaired) electrons. The fourth-order valence-corrected chi connectivity index (χ4v) is 3.26. The van der Waals surface area contributed by atoms with Gasteiger partial charge in [-0.25, -0.2) is 0 Å². The molecule has 1 amide bonds. The van der Waals surface area contributed by atoms with E-state index < -0.39 is 0 Å². The molecule has 0 spiro atoms. The van der Waals surface area contributed by atoms with Crippen LogP contribution < -0.4 is 10.1 Å². The Hall–Kier alpha value is -3.18. The number of para-hydroxylation sites is 1. The van der Waals surface area contributed by atoms with Crippen molar-refractivity contribution in [1.82, 2.24) is 9.88 Å². The summed E-state index contributed by atoms with van der Waals surface area (Å²) in [6.45, 7) is 1.78. The SMILES string of the molecule is CN1CCc2c(cncc2C(=O)Nc2ccc(Oc3ccccc3)cc2)C1. The minimum Gasteiger partial charge on any atom is -0.457 e. The molecule has 0 bridgehead atoms. The first kappa shape index (κ1) is 17.2. The van der Waals surface area contributed by atoms with E-state index in [-0.39, 0.29) is 5.91 Å². The van der Waals surface area contributed by atoms with Gasteiger partial charge in [0.15, 0.2) is 0 Å². The Bertz CT molecular complexity index is 940. The van der Waals surface area contributed by atoms with Gasteiger partial charge in [0.05, 0.1) is 5.56 Å². The van der Waals surface area contributed by atoms with Crippen molar-refractivity contribution in [2.24, 2.45) is 0 Å². The third-order valence-corrected chi connectivity index (χ3v) is 4.67. The summed E-state index contributed by atoms with van der Waals surface area (Å²) in [4.78, 5) is 19.2. The van der Waals surface area contributed by atoms with E-state index in [9.17, 15) is 4.79 Å². The molecule has 1 N–H and O–H groups in total. The van der Waals surface area contributed by atoms with E-state index in [1.165, 1.54) is 0 Å². The number of fused-ring (bicyclic) bond motifs is 1. The molecular weight excluding hydrogens is 338 g/mol. The lowest BCUT2D eigenvalue weighted by Gasteiger charge is -2.26. The zero-order chi connectivity index (χ0) is 18.6. The number of ether oxygens (including phenoxy) is 1. The van der Waals surface area contributed by atoms with Crippen molar-refractivity contribution >= 4 is 11.6 Å². The molecule has 5 heteroatoms. The van der Waals surface area contributed by atoms with E-state index in [0.717, 1.165) is 47.8 Å². The van der Waals surface area contributed by atoms with Gasteiger partial charge < -0.3 is 15.0 Å². The van der Waals surface area contributed by atoms with Crippen LogP contribution in [0.3, 0.4) is 0 Å². The number of rotatable bonds is 4. The second-order valence-corrected chi connectivity index (χ2v) is 6.71. The summed E-state index contributed by atoms with van der Waals surface area (Å²) in [7, 11) is 2.08. The van der Waals surface area contributed by atoms with E-state index in [4.69, 9.17) is 4.74 Å². The first-order chi connectivity index (χ1) is 13.2. The predicted octanol–water partition coefficient (Wildman–Crippen LogP) is 4.11. The maximum Gasteiger partial charge on any atom is 0.257 e. The lowest BCUT2D eigenvalue weighted by Crippen LogP contribution is -2.29. The van der Waals surface area contributed by atoms with Crippen molar-refractivity contribution in [1.29, 1.82) is 0 Å². The number of carbonyl (C=O) groups is 1. The van der Waals surface area contributed by atoms with Crippen molar-refractivity contribution in [3.05, 3.63) is 83.7 Å². The van der Waals surface area contributed by atoms with Crippen LogP contribution in [0.25, 0.3) is 0 Å². The van der Waals surface area contributed by atoms with E-state index in [1.54, 1.807) is 6.20 Å². The highest BCUT2D eigenvalue weighted by molar-refractivity contribution is 6.05. The van der Waals surface area contributed by atoms with E-state index in [0.29, 0.717) is 5.56 Å². The van der Waals surface area contributed by atoms with Gasteiger partial charge in [0, 0.05) is 31.2 Å². The minimum absolute atomic E-state index is 0.124. The number of pyridine rings is 1. The molecule has 5 nitrogen and oxygen atoms in total. The molecule has 1 aliphatic heterocycles. The summed E-state index contributed by atoms with van der Waals surface area (Å²) in [6, 6.07) is 17.0. The first-order valence-corrected chi connectivity index (χ1v) is 8.97. The topological polar surface area (TPSA) is 54.5 Å². The number of carbonyl (C=O) groups excluding carboxylic acids is 1. The number of anilines is 1. The number of hydrogen-bond donors (Lipinski definition) is 1. The monoisotopic (exact) mass is 359 g/mol. The second-order valence-electron chi connectivity index (χ2n) is 6.71. The molecule has 0 aliphatic carbocycles. The molecule has 0 saturated carbocycles. The number of amides is 1. The predicted molar refractivity (Wildman–Crippen MR) is 105 cm³/mol. The quantitative estimate of drug-likeness (QED) is 0.761. The fourth-order valence-electron chi connectivity index (χ4n) is 3.26. The lowest BCUT2D eigenvalue weighted by molar-refractivity contribution is 0.102. The smallest absolute Gasteiger partial charge is 0.257 e. The van der Waals surface area contributed by atoms with Crippen LogP contribution in [0.1, 0.15) is 21.5 Å².